The van der Waals surface area contributed by atoms with Crippen molar-refractivity contribution < 1.29 is 0 Å². The summed E-state index contributed by atoms with van der Waals surface area (Å²) in [5, 5.41) is 6.06. The Morgan fingerprint density at radius 3 is 1.00 bits per heavy atom. The van der Waals surface area contributed by atoms with Crippen LogP contribution < -0.4 is 21.2 Å². The summed E-state index contributed by atoms with van der Waals surface area (Å²) in [6.45, 7) is 2.27. The molecule has 0 N–H and O–H groups in total. The molecule has 5 aromatic carbocycles. The highest BCUT2D eigenvalue weighted by molar-refractivity contribution is 7.89. The lowest BCUT2D eigenvalue weighted by Crippen LogP contribution is -2.23. The highest BCUT2D eigenvalue weighted by Crippen LogP contribution is 2.66. The van der Waals surface area contributed by atoms with Crippen LogP contribution in [0.3, 0.4) is 0 Å². The molecule has 0 unspecified atom stereocenters. The molecule has 34 heavy (non-hydrogen) atoms. The molecular formula is C32H28P2. The van der Waals surface area contributed by atoms with E-state index in [1.165, 1.54) is 32.3 Å². The SMILES string of the molecule is Cc1ccccc1C(P(c1ccccc1)c1ccccc1)P(c1ccccc1)c1ccccc1. The normalized spacial score (nSPS) is 11.3. The van der Waals surface area contributed by atoms with E-state index in [0.717, 1.165) is 0 Å². The molecular weight excluding hydrogens is 446 g/mol. The summed E-state index contributed by atoms with van der Waals surface area (Å²) >= 11 is 0. The standard InChI is InChI=1S/C32H28P2/c1-26-16-14-15-25-31(26)32(33(27-17-6-2-7-18-27)28-19-8-3-9-20-28)34(29-21-10-4-11-22-29)30-23-12-5-13-24-30/h2-25,32H,1H3. The van der Waals surface area contributed by atoms with E-state index in [-0.39, 0.29) is 0 Å². The second-order valence-corrected chi connectivity index (χ2v) is 13.3. The molecule has 0 amide bonds. The van der Waals surface area contributed by atoms with Crippen LogP contribution in [-0.4, -0.2) is 0 Å². The predicted octanol–water partition coefficient (Wildman–Crippen LogP) is 7.26. The van der Waals surface area contributed by atoms with Gasteiger partial charge in [-0.2, -0.15) is 0 Å². The van der Waals surface area contributed by atoms with Gasteiger partial charge in [0.2, 0.25) is 0 Å². The molecule has 2 heteroatoms. The molecule has 0 nitrogen and oxygen atoms in total. The molecule has 0 aromatic heterocycles. The highest BCUT2D eigenvalue weighted by atomic mass is 31.2. The van der Waals surface area contributed by atoms with E-state index in [9.17, 15) is 0 Å². The first-order valence-corrected chi connectivity index (χ1v) is 14.5. The third-order valence-electron chi connectivity index (χ3n) is 6.09. The van der Waals surface area contributed by atoms with E-state index >= 15 is 0 Å². The van der Waals surface area contributed by atoms with Gasteiger partial charge in [-0.25, -0.2) is 0 Å². The summed E-state index contributed by atoms with van der Waals surface area (Å²) in [6, 6.07) is 53.7. The average molecular weight is 475 g/mol. The molecule has 0 bridgehead atoms. The van der Waals surface area contributed by atoms with E-state index in [4.69, 9.17) is 0 Å². The lowest BCUT2D eigenvalue weighted by atomic mass is 10.1. The fourth-order valence-corrected chi connectivity index (χ4v) is 11.8. The molecule has 0 aliphatic carbocycles. The number of hydrogen-bond donors (Lipinski definition) is 0. The molecule has 0 heterocycles. The first-order valence-electron chi connectivity index (χ1n) is 11.7. The predicted molar refractivity (Wildman–Crippen MR) is 152 cm³/mol. The molecule has 0 aliphatic heterocycles. The summed E-state index contributed by atoms with van der Waals surface area (Å²) in [5.41, 5.74) is 2.83. The third-order valence-corrected chi connectivity index (χ3v) is 12.4. The lowest BCUT2D eigenvalue weighted by molar-refractivity contribution is 1.27. The molecule has 0 atom stereocenters. The van der Waals surface area contributed by atoms with Gasteiger partial charge >= 0.3 is 0 Å². The number of hydrogen-bond acceptors (Lipinski definition) is 0. The molecule has 166 valence electrons. The smallest absolute Gasteiger partial charge is 0.0406 e. The fraction of sp³-hybridized carbons (Fsp3) is 0.0625. The van der Waals surface area contributed by atoms with Crippen LogP contribution in [0.1, 0.15) is 16.5 Å². The molecule has 0 radical (unpaired) electrons. The minimum Gasteiger partial charge on any atom is -0.0622 e. The maximum atomic E-state index is 2.36. The van der Waals surface area contributed by atoms with Crippen LogP contribution in [0.2, 0.25) is 0 Å². The molecule has 0 fully saturated rings. The van der Waals surface area contributed by atoms with Crippen molar-refractivity contribution in [2.45, 2.75) is 12.3 Å². The van der Waals surface area contributed by atoms with Crippen LogP contribution in [0.15, 0.2) is 146 Å². The number of benzene rings is 5. The van der Waals surface area contributed by atoms with E-state index in [0.29, 0.717) is 5.40 Å². The van der Waals surface area contributed by atoms with Crippen molar-refractivity contribution in [2.75, 3.05) is 0 Å². The summed E-state index contributed by atoms with van der Waals surface area (Å²) in [7, 11) is -1.33. The van der Waals surface area contributed by atoms with E-state index in [1.54, 1.807) is 0 Å². The Balaban J connectivity index is 1.82. The van der Waals surface area contributed by atoms with Crippen molar-refractivity contribution in [3.05, 3.63) is 157 Å². The topological polar surface area (TPSA) is 0 Å². The van der Waals surface area contributed by atoms with E-state index in [2.05, 4.69) is 153 Å². The van der Waals surface area contributed by atoms with E-state index in [1.807, 2.05) is 0 Å². The van der Waals surface area contributed by atoms with Gasteiger partial charge in [-0.1, -0.05) is 146 Å². The first-order chi connectivity index (χ1) is 16.8. The maximum absolute atomic E-state index is 2.36. The zero-order chi connectivity index (χ0) is 23.2. The molecule has 0 saturated heterocycles. The molecule has 5 aromatic rings. The zero-order valence-corrected chi connectivity index (χ0v) is 21.1. The highest BCUT2D eigenvalue weighted by Gasteiger charge is 2.35. The summed E-state index contributed by atoms with van der Waals surface area (Å²) < 4.78 is 0. The molecule has 5 rings (SSSR count). The van der Waals surface area contributed by atoms with Crippen LogP contribution in [0.25, 0.3) is 0 Å². The minimum atomic E-state index is -0.665. The van der Waals surface area contributed by atoms with Gasteiger partial charge in [0.25, 0.3) is 0 Å². The Morgan fingerprint density at radius 1 is 0.382 bits per heavy atom. The Hall–Kier alpha value is -3.04. The summed E-state index contributed by atoms with van der Waals surface area (Å²) in [6.07, 6.45) is 0. The van der Waals surface area contributed by atoms with Crippen LogP contribution >= 0.6 is 15.8 Å². The summed E-state index contributed by atoms with van der Waals surface area (Å²) in [4.78, 5) is 0. The van der Waals surface area contributed by atoms with Gasteiger partial charge in [-0.15, -0.1) is 0 Å². The molecule has 0 aliphatic rings. The Kier molecular flexibility index (Phi) is 7.31. The third kappa shape index (κ3) is 4.90. The Labute approximate surface area is 205 Å². The van der Waals surface area contributed by atoms with Gasteiger partial charge in [-0.05, 0) is 55.1 Å². The second kappa shape index (κ2) is 10.9. The second-order valence-electron chi connectivity index (χ2n) is 8.31. The summed E-state index contributed by atoms with van der Waals surface area (Å²) in [5.74, 6) is 0. The minimum absolute atomic E-state index is 0.348. The van der Waals surface area contributed by atoms with Gasteiger partial charge in [-0.3, -0.25) is 0 Å². The largest absolute Gasteiger partial charge is 0.0622 e. The van der Waals surface area contributed by atoms with Gasteiger partial charge in [0.1, 0.15) is 0 Å². The van der Waals surface area contributed by atoms with Crippen molar-refractivity contribution in [3.8, 4) is 0 Å². The van der Waals surface area contributed by atoms with Crippen LogP contribution in [-0.2, 0) is 0 Å². The lowest BCUT2D eigenvalue weighted by Gasteiger charge is -2.37. The van der Waals surface area contributed by atoms with Crippen molar-refractivity contribution in [1.29, 1.82) is 0 Å². The van der Waals surface area contributed by atoms with Crippen LogP contribution in [0, 0.1) is 6.92 Å². The Morgan fingerprint density at radius 2 is 0.676 bits per heavy atom. The maximum Gasteiger partial charge on any atom is 0.0406 e. The van der Waals surface area contributed by atoms with Crippen molar-refractivity contribution in [1.82, 2.24) is 0 Å². The quantitative estimate of drug-likeness (QED) is 0.218. The monoisotopic (exact) mass is 474 g/mol. The number of aryl methyl sites for hydroxylation is 1. The first kappa shape index (κ1) is 22.7. The van der Waals surface area contributed by atoms with Gasteiger partial charge in [0.05, 0.1) is 0 Å². The van der Waals surface area contributed by atoms with Crippen LogP contribution in [0.5, 0.6) is 0 Å². The molecule has 0 spiro atoms. The van der Waals surface area contributed by atoms with Gasteiger partial charge in [0.15, 0.2) is 0 Å². The average Bonchev–Trinajstić information content (AvgIpc) is 2.91. The molecule has 0 saturated carbocycles. The number of rotatable bonds is 7. The van der Waals surface area contributed by atoms with Gasteiger partial charge in [0, 0.05) is 5.40 Å². The van der Waals surface area contributed by atoms with Crippen molar-refractivity contribution in [2.24, 2.45) is 0 Å². The van der Waals surface area contributed by atoms with Crippen molar-refractivity contribution in [3.63, 3.8) is 0 Å². The van der Waals surface area contributed by atoms with Crippen LogP contribution in [0.4, 0.5) is 0 Å². The van der Waals surface area contributed by atoms with E-state index < -0.39 is 15.8 Å². The zero-order valence-electron chi connectivity index (χ0n) is 19.3. The Bertz CT molecular complexity index is 1140. The van der Waals surface area contributed by atoms with Crippen molar-refractivity contribution >= 4 is 37.1 Å². The fourth-order valence-electron chi connectivity index (χ4n) is 4.49. The van der Waals surface area contributed by atoms with Gasteiger partial charge < -0.3 is 0 Å².